The van der Waals surface area contributed by atoms with Crippen LogP contribution >= 0.6 is 12.2 Å². The van der Waals surface area contributed by atoms with Crippen molar-refractivity contribution in [2.24, 2.45) is 11.8 Å². The Hall–Kier alpha value is -2.42. The predicted molar refractivity (Wildman–Crippen MR) is 117 cm³/mol. The minimum Gasteiger partial charge on any atom is -0.371 e. The third-order valence-electron chi connectivity index (χ3n) is 6.20. The number of nitrogens with zero attached hydrogens (tertiary/aromatic N) is 2. The van der Waals surface area contributed by atoms with E-state index in [-0.39, 0.29) is 17.3 Å². The van der Waals surface area contributed by atoms with E-state index in [1.54, 1.807) is 6.07 Å². The fraction of sp³-hybridized carbons (Fsp3) is 0.600. The number of amides is 1. The fourth-order valence-corrected chi connectivity index (χ4v) is 4.43. The number of nitro benzene ring substituents is 1. The highest BCUT2D eigenvalue weighted by atomic mass is 32.1. The SMILES string of the molecule is C[C@H]1[C@@H](NC(=S)NNC(=O)c2cc([N+](=O)[O-])ccc2N2CCCC2)CCC[C@@H]1C. The van der Waals surface area contributed by atoms with Crippen LogP contribution in [-0.2, 0) is 0 Å². The van der Waals surface area contributed by atoms with Crippen LogP contribution in [0.15, 0.2) is 18.2 Å². The largest absolute Gasteiger partial charge is 0.371 e. The standard InChI is InChI=1S/C20H29N5O3S/c1-13-6-5-7-17(14(13)2)21-20(29)23-22-19(26)16-12-15(25(27)28)8-9-18(16)24-10-3-4-11-24/h8-9,12-14,17H,3-7,10-11H2,1-2H3,(H,22,26)(H2,21,23,29)/t13-,14+,17-/m0/s1. The molecule has 3 rings (SSSR count). The van der Waals surface area contributed by atoms with Crippen molar-refractivity contribution < 1.29 is 9.72 Å². The number of rotatable bonds is 4. The Kier molecular flexibility index (Phi) is 6.89. The number of carbonyl (C=O) groups is 1. The number of nitro groups is 1. The van der Waals surface area contributed by atoms with E-state index in [1.165, 1.54) is 18.6 Å². The van der Waals surface area contributed by atoms with Gasteiger partial charge in [-0.05, 0) is 49.4 Å². The van der Waals surface area contributed by atoms with Gasteiger partial charge in [0.2, 0.25) is 0 Å². The molecule has 0 bridgehead atoms. The Labute approximate surface area is 176 Å². The van der Waals surface area contributed by atoms with Crippen LogP contribution in [0.1, 0.15) is 56.3 Å². The Balaban J connectivity index is 1.65. The molecule has 1 saturated heterocycles. The van der Waals surface area contributed by atoms with Gasteiger partial charge in [0.1, 0.15) is 0 Å². The number of hydrogen-bond donors (Lipinski definition) is 3. The summed E-state index contributed by atoms with van der Waals surface area (Å²) in [5.74, 6) is 0.689. The topological polar surface area (TPSA) is 99.5 Å². The molecule has 3 N–H and O–H groups in total. The lowest BCUT2D eigenvalue weighted by Gasteiger charge is -2.35. The molecular weight excluding hydrogens is 390 g/mol. The molecular formula is C20H29N5O3S. The number of nitrogens with one attached hydrogen (secondary N) is 3. The number of hydrazine groups is 1. The maximum Gasteiger partial charge on any atom is 0.272 e. The average Bonchev–Trinajstić information content (AvgIpc) is 3.24. The molecule has 1 aromatic carbocycles. The number of carbonyl (C=O) groups excluding carboxylic acids is 1. The minimum atomic E-state index is -0.490. The first-order valence-corrected chi connectivity index (χ1v) is 10.7. The normalized spacial score (nSPS) is 24.1. The lowest BCUT2D eigenvalue weighted by Crippen LogP contribution is -2.52. The molecule has 1 saturated carbocycles. The first-order chi connectivity index (χ1) is 13.9. The van der Waals surface area contributed by atoms with Gasteiger partial charge >= 0.3 is 0 Å². The smallest absolute Gasteiger partial charge is 0.272 e. The Morgan fingerprint density at radius 3 is 2.59 bits per heavy atom. The quantitative estimate of drug-likeness (QED) is 0.392. The van der Waals surface area contributed by atoms with E-state index >= 15 is 0 Å². The summed E-state index contributed by atoms with van der Waals surface area (Å²) in [5, 5.41) is 14.8. The highest BCUT2D eigenvalue weighted by Gasteiger charge is 2.28. The summed E-state index contributed by atoms with van der Waals surface area (Å²) >= 11 is 5.35. The van der Waals surface area contributed by atoms with Gasteiger partial charge in [-0.3, -0.25) is 25.8 Å². The lowest BCUT2D eigenvalue weighted by atomic mass is 9.78. The lowest BCUT2D eigenvalue weighted by molar-refractivity contribution is -0.384. The number of non-ortho nitro benzene ring substituents is 1. The molecule has 1 aliphatic heterocycles. The molecule has 158 valence electrons. The molecule has 0 radical (unpaired) electrons. The van der Waals surface area contributed by atoms with Crippen molar-refractivity contribution in [2.75, 3.05) is 18.0 Å². The molecule has 3 atom stereocenters. The maximum atomic E-state index is 12.8. The summed E-state index contributed by atoms with van der Waals surface area (Å²) in [5.41, 5.74) is 6.24. The molecule has 0 aromatic heterocycles. The average molecular weight is 420 g/mol. The summed E-state index contributed by atoms with van der Waals surface area (Å²) in [6.07, 6.45) is 5.52. The van der Waals surface area contributed by atoms with Crippen LogP contribution in [0.5, 0.6) is 0 Å². The molecule has 0 unspecified atom stereocenters. The molecule has 2 fully saturated rings. The molecule has 0 spiro atoms. The first kappa shape index (κ1) is 21.3. The number of thiocarbonyl (C=S) groups is 1. The van der Waals surface area contributed by atoms with Crippen molar-refractivity contribution in [2.45, 2.75) is 52.0 Å². The molecule has 8 nitrogen and oxygen atoms in total. The minimum absolute atomic E-state index is 0.108. The zero-order valence-corrected chi connectivity index (χ0v) is 17.8. The van der Waals surface area contributed by atoms with Gasteiger partial charge in [-0.15, -0.1) is 0 Å². The molecule has 1 amide bonds. The van der Waals surface area contributed by atoms with Crippen LogP contribution in [0.3, 0.4) is 0 Å². The fourth-order valence-electron chi connectivity index (χ4n) is 4.22. The Bertz CT molecular complexity index is 781. The van der Waals surface area contributed by atoms with Gasteiger partial charge in [0.15, 0.2) is 5.11 Å². The maximum absolute atomic E-state index is 12.8. The number of hydrogen-bond acceptors (Lipinski definition) is 5. The third-order valence-corrected chi connectivity index (χ3v) is 6.42. The van der Waals surface area contributed by atoms with Crippen molar-refractivity contribution in [1.29, 1.82) is 0 Å². The van der Waals surface area contributed by atoms with Crippen LogP contribution in [0.4, 0.5) is 11.4 Å². The van der Waals surface area contributed by atoms with E-state index in [4.69, 9.17) is 12.2 Å². The molecule has 9 heteroatoms. The molecule has 29 heavy (non-hydrogen) atoms. The number of benzene rings is 1. The summed E-state index contributed by atoms with van der Waals surface area (Å²) < 4.78 is 0. The van der Waals surface area contributed by atoms with E-state index < -0.39 is 10.8 Å². The van der Waals surface area contributed by atoms with Crippen LogP contribution in [0, 0.1) is 22.0 Å². The summed E-state index contributed by atoms with van der Waals surface area (Å²) in [6, 6.07) is 4.69. The van der Waals surface area contributed by atoms with Gasteiger partial charge in [-0.2, -0.15) is 0 Å². The summed E-state index contributed by atoms with van der Waals surface area (Å²) in [4.78, 5) is 25.6. The van der Waals surface area contributed by atoms with E-state index in [1.807, 2.05) is 0 Å². The van der Waals surface area contributed by atoms with Gasteiger partial charge in [-0.25, -0.2) is 0 Å². The summed E-state index contributed by atoms with van der Waals surface area (Å²) in [7, 11) is 0. The highest BCUT2D eigenvalue weighted by Crippen LogP contribution is 2.30. The van der Waals surface area contributed by atoms with Crippen molar-refractivity contribution in [3.8, 4) is 0 Å². The molecule has 1 aliphatic carbocycles. The van der Waals surface area contributed by atoms with Crippen molar-refractivity contribution >= 4 is 34.6 Å². The highest BCUT2D eigenvalue weighted by molar-refractivity contribution is 7.80. The van der Waals surface area contributed by atoms with E-state index in [2.05, 4.69) is 34.9 Å². The van der Waals surface area contributed by atoms with Crippen LogP contribution in [0.25, 0.3) is 0 Å². The first-order valence-electron chi connectivity index (χ1n) is 10.3. The second-order valence-electron chi connectivity index (χ2n) is 8.08. The molecule has 1 aromatic rings. The Morgan fingerprint density at radius 2 is 1.90 bits per heavy atom. The zero-order valence-electron chi connectivity index (χ0n) is 16.9. The van der Waals surface area contributed by atoms with Crippen LogP contribution in [-0.4, -0.2) is 35.1 Å². The van der Waals surface area contributed by atoms with E-state index in [9.17, 15) is 14.9 Å². The van der Waals surface area contributed by atoms with E-state index in [0.29, 0.717) is 22.6 Å². The summed E-state index contributed by atoms with van der Waals surface area (Å²) in [6.45, 7) is 6.14. The monoisotopic (exact) mass is 419 g/mol. The van der Waals surface area contributed by atoms with E-state index in [0.717, 1.165) is 38.8 Å². The molecule has 1 heterocycles. The second-order valence-corrected chi connectivity index (χ2v) is 8.49. The van der Waals surface area contributed by atoms with Crippen molar-refractivity contribution in [1.82, 2.24) is 16.2 Å². The molecule has 2 aliphatic rings. The third kappa shape index (κ3) is 5.14. The van der Waals surface area contributed by atoms with Gasteiger partial charge < -0.3 is 10.2 Å². The van der Waals surface area contributed by atoms with Crippen molar-refractivity contribution in [3.05, 3.63) is 33.9 Å². The second kappa shape index (κ2) is 9.39. The van der Waals surface area contributed by atoms with Gasteiger partial charge in [0, 0.05) is 31.3 Å². The van der Waals surface area contributed by atoms with Gasteiger partial charge in [-0.1, -0.05) is 26.7 Å². The zero-order chi connectivity index (χ0) is 21.0. The predicted octanol–water partition coefficient (Wildman–Crippen LogP) is 3.13. The Morgan fingerprint density at radius 1 is 1.17 bits per heavy atom. The van der Waals surface area contributed by atoms with Crippen LogP contribution < -0.4 is 21.1 Å². The number of anilines is 1. The van der Waals surface area contributed by atoms with Gasteiger partial charge in [0.25, 0.3) is 11.6 Å². The van der Waals surface area contributed by atoms with Crippen molar-refractivity contribution in [3.63, 3.8) is 0 Å². The van der Waals surface area contributed by atoms with Gasteiger partial charge in [0.05, 0.1) is 16.2 Å². The van der Waals surface area contributed by atoms with Crippen LogP contribution in [0.2, 0.25) is 0 Å².